The minimum atomic E-state index is -0.147. The van der Waals surface area contributed by atoms with Crippen LogP contribution in [0.2, 0.25) is 0 Å². The van der Waals surface area contributed by atoms with Gasteiger partial charge >= 0.3 is 0 Å². The monoisotopic (exact) mass is 384 g/mol. The molecule has 0 saturated heterocycles. The van der Waals surface area contributed by atoms with E-state index in [9.17, 15) is 9.59 Å². The van der Waals surface area contributed by atoms with Crippen LogP contribution in [0.5, 0.6) is 0 Å². The minimum absolute atomic E-state index is 0.0232. The molecule has 1 amide bonds. The topological polar surface area (TPSA) is 51.1 Å². The molecule has 1 N–H and O–H groups in total. The summed E-state index contributed by atoms with van der Waals surface area (Å²) in [6, 6.07) is 12.9. The zero-order valence-corrected chi connectivity index (χ0v) is 15.1. The largest absolute Gasteiger partial charge is 0.338 e. The van der Waals surface area contributed by atoms with Crippen molar-refractivity contribution in [3.8, 4) is 0 Å². The number of para-hydroxylation sites is 1. The Labute approximate surface area is 148 Å². The van der Waals surface area contributed by atoms with Crippen LogP contribution in [0.25, 0.3) is 10.9 Å². The molecule has 3 rings (SSSR count). The lowest BCUT2D eigenvalue weighted by atomic mass is 10.1. The van der Waals surface area contributed by atoms with E-state index in [1.807, 2.05) is 54.8 Å². The van der Waals surface area contributed by atoms with Gasteiger partial charge in [-0.1, -0.05) is 18.2 Å². The molecule has 4 nitrogen and oxygen atoms in total. The third-order valence-corrected chi connectivity index (χ3v) is 4.57. The molecule has 2 aromatic carbocycles. The number of nitrogens with one attached hydrogen (secondary N) is 1. The second-order valence-corrected chi connectivity index (χ2v) is 6.67. The van der Waals surface area contributed by atoms with Crippen LogP contribution in [-0.4, -0.2) is 10.5 Å². The smallest absolute Gasteiger partial charge is 0.244 e. The van der Waals surface area contributed by atoms with E-state index >= 15 is 0 Å². The summed E-state index contributed by atoms with van der Waals surface area (Å²) >= 11 is 3.42. The zero-order chi connectivity index (χ0) is 17.3. The van der Waals surface area contributed by atoms with E-state index in [0.717, 1.165) is 26.8 Å². The molecule has 122 valence electrons. The van der Waals surface area contributed by atoms with Crippen molar-refractivity contribution in [1.29, 1.82) is 0 Å². The summed E-state index contributed by atoms with van der Waals surface area (Å²) in [6.45, 7) is 4.04. The van der Waals surface area contributed by atoms with Crippen molar-refractivity contribution in [2.24, 2.45) is 0 Å². The van der Waals surface area contributed by atoms with Gasteiger partial charge in [-0.2, -0.15) is 0 Å². The van der Waals surface area contributed by atoms with Gasteiger partial charge in [-0.25, -0.2) is 0 Å². The highest BCUT2D eigenvalue weighted by molar-refractivity contribution is 9.10. The maximum absolute atomic E-state index is 12.4. The van der Waals surface area contributed by atoms with Gasteiger partial charge in [0.05, 0.1) is 11.2 Å². The lowest BCUT2D eigenvalue weighted by molar-refractivity contribution is -0.116. The summed E-state index contributed by atoms with van der Waals surface area (Å²) in [5, 5.41) is 3.55. The van der Waals surface area contributed by atoms with E-state index in [1.165, 1.54) is 6.07 Å². The number of hydrogen-bond donors (Lipinski definition) is 1. The molecule has 0 bridgehead atoms. The molecule has 1 heterocycles. The van der Waals surface area contributed by atoms with Crippen molar-refractivity contribution in [2.75, 3.05) is 5.32 Å². The van der Waals surface area contributed by atoms with Crippen LogP contribution < -0.4 is 10.7 Å². The van der Waals surface area contributed by atoms with Crippen LogP contribution in [0.1, 0.15) is 11.1 Å². The second kappa shape index (κ2) is 6.61. The molecule has 0 atom stereocenters. The first-order chi connectivity index (χ1) is 11.5. The average Bonchev–Trinajstić information content (AvgIpc) is 2.52. The Balaban J connectivity index is 1.96. The first-order valence-corrected chi connectivity index (χ1v) is 8.40. The fourth-order valence-electron chi connectivity index (χ4n) is 2.86. The number of benzene rings is 2. The van der Waals surface area contributed by atoms with Crippen LogP contribution in [0.3, 0.4) is 0 Å². The van der Waals surface area contributed by atoms with E-state index in [-0.39, 0.29) is 17.9 Å². The molecule has 24 heavy (non-hydrogen) atoms. The van der Waals surface area contributed by atoms with Gasteiger partial charge in [0, 0.05) is 22.1 Å². The second-order valence-electron chi connectivity index (χ2n) is 5.81. The molecule has 0 radical (unpaired) electrons. The SMILES string of the molecule is Cc1cc(C)c2c(=O)ccn(CC(=O)Nc3ccccc3Br)c2c1. The molecule has 5 heteroatoms. The highest BCUT2D eigenvalue weighted by atomic mass is 79.9. The Kier molecular flexibility index (Phi) is 4.53. The number of hydrogen-bond acceptors (Lipinski definition) is 2. The normalized spacial score (nSPS) is 10.8. The quantitative estimate of drug-likeness (QED) is 0.741. The summed E-state index contributed by atoms with van der Waals surface area (Å²) in [5.41, 5.74) is 3.47. The number of carbonyl (C=O) groups excluding carboxylic acids is 1. The summed E-state index contributed by atoms with van der Waals surface area (Å²) < 4.78 is 2.64. The van der Waals surface area contributed by atoms with E-state index in [2.05, 4.69) is 21.2 Å². The van der Waals surface area contributed by atoms with Crippen molar-refractivity contribution in [3.63, 3.8) is 0 Å². The lowest BCUT2D eigenvalue weighted by Gasteiger charge is -2.13. The minimum Gasteiger partial charge on any atom is -0.338 e. The number of aromatic nitrogens is 1. The molecule has 3 aromatic rings. The van der Waals surface area contributed by atoms with Gasteiger partial charge in [0.1, 0.15) is 6.54 Å². The molecule has 1 aromatic heterocycles. The Bertz CT molecular complexity index is 992. The molecular weight excluding hydrogens is 368 g/mol. The van der Waals surface area contributed by atoms with Crippen LogP contribution in [0.4, 0.5) is 5.69 Å². The Morgan fingerprint density at radius 3 is 2.67 bits per heavy atom. The summed E-state index contributed by atoms with van der Waals surface area (Å²) in [4.78, 5) is 24.6. The lowest BCUT2D eigenvalue weighted by Crippen LogP contribution is -2.20. The number of anilines is 1. The molecular formula is C19H17BrN2O2. The number of pyridine rings is 1. The van der Waals surface area contributed by atoms with Crippen LogP contribution in [0, 0.1) is 13.8 Å². The first kappa shape index (κ1) is 16.5. The van der Waals surface area contributed by atoms with E-state index in [1.54, 1.807) is 6.20 Å². The maximum Gasteiger partial charge on any atom is 0.244 e. The number of halogens is 1. The van der Waals surface area contributed by atoms with Crippen LogP contribution in [0.15, 0.2) is 57.9 Å². The Morgan fingerprint density at radius 1 is 1.17 bits per heavy atom. The molecule has 0 aliphatic rings. The standard InChI is InChI=1S/C19H17BrN2O2/c1-12-9-13(2)19-16(10-12)22(8-7-17(19)23)11-18(24)21-15-6-4-3-5-14(15)20/h3-10H,11H2,1-2H3,(H,21,24). The number of aryl methyl sites for hydroxylation is 2. The van der Waals surface area contributed by atoms with Gasteiger partial charge in [-0.05, 0) is 59.1 Å². The van der Waals surface area contributed by atoms with Crippen molar-refractivity contribution < 1.29 is 4.79 Å². The number of amides is 1. The number of rotatable bonds is 3. The fourth-order valence-corrected chi connectivity index (χ4v) is 3.24. The van der Waals surface area contributed by atoms with Gasteiger partial charge in [0.25, 0.3) is 0 Å². The average molecular weight is 385 g/mol. The maximum atomic E-state index is 12.4. The predicted molar refractivity (Wildman–Crippen MR) is 100 cm³/mol. The van der Waals surface area contributed by atoms with E-state index in [4.69, 9.17) is 0 Å². The Morgan fingerprint density at radius 2 is 1.92 bits per heavy atom. The van der Waals surface area contributed by atoms with Gasteiger partial charge in [0.2, 0.25) is 5.91 Å². The van der Waals surface area contributed by atoms with E-state index < -0.39 is 0 Å². The van der Waals surface area contributed by atoms with Crippen molar-refractivity contribution >= 4 is 38.4 Å². The third kappa shape index (κ3) is 3.26. The number of nitrogens with zero attached hydrogens (tertiary/aromatic N) is 1. The van der Waals surface area contributed by atoms with Crippen LogP contribution in [-0.2, 0) is 11.3 Å². The first-order valence-electron chi connectivity index (χ1n) is 7.60. The fraction of sp³-hybridized carbons (Fsp3) is 0.158. The number of fused-ring (bicyclic) bond motifs is 1. The van der Waals surface area contributed by atoms with Gasteiger partial charge in [0.15, 0.2) is 5.43 Å². The molecule has 0 fully saturated rings. The summed E-state index contributed by atoms with van der Waals surface area (Å²) in [5.74, 6) is -0.147. The molecule has 0 aliphatic heterocycles. The molecule has 0 saturated carbocycles. The van der Waals surface area contributed by atoms with Gasteiger partial charge in [-0.15, -0.1) is 0 Å². The van der Waals surface area contributed by atoms with Crippen molar-refractivity contribution in [2.45, 2.75) is 20.4 Å². The number of carbonyl (C=O) groups is 1. The molecule has 0 unspecified atom stereocenters. The zero-order valence-electron chi connectivity index (χ0n) is 13.5. The Hall–Kier alpha value is -2.40. The summed E-state index contributed by atoms with van der Waals surface area (Å²) in [6.07, 6.45) is 1.67. The van der Waals surface area contributed by atoms with Gasteiger partial charge in [-0.3, -0.25) is 9.59 Å². The third-order valence-electron chi connectivity index (χ3n) is 3.88. The van der Waals surface area contributed by atoms with Crippen LogP contribution >= 0.6 is 15.9 Å². The predicted octanol–water partition coefficient (Wildman–Crippen LogP) is 4.02. The summed E-state index contributed by atoms with van der Waals surface area (Å²) in [7, 11) is 0. The van der Waals surface area contributed by atoms with Gasteiger partial charge < -0.3 is 9.88 Å². The molecule has 0 spiro atoms. The highest BCUT2D eigenvalue weighted by Crippen LogP contribution is 2.21. The highest BCUT2D eigenvalue weighted by Gasteiger charge is 2.10. The van der Waals surface area contributed by atoms with Crippen molar-refractivity contribution in [3.05, 3.63) is 74.5 Å². The molecule has 0 aliphatic carbocycles. The van der Waals surface area contributed by atoms with Crippen molar-refractivity contribution in [1.82, 2.24) is 4.57 Å². The van der Waals surface area contributed by atoms with E-state index in [0.29, 0.717) is 5.39 Å².